The second kappa shape index (κ2) is 6.04. The summed E-state index contributed by atoms with van der Waals surface area (Å²) in [6.45, 7) is 6.89. The van der Waals surface area contributed by atoms with Crippen molar-refractivity contribution in [2.75, 3.05) is 18.4 Å². The van der Waals surface area contributed by atoms with Crippen molar-refractivity contribution in [2.45, 2.75) is 38.8 Å². The summed E-state index contributed by atoms with van der Waals surface area (Å²) in [4.78, 5) is 13.5. The zero-order valence-corrected chi connectivity index (χ0v) is 12.7. The van der Waals surface area contributed by atoms with Crippen molar-refractivity contribution in [2.24, 2.45) is 0 Å². The maximum absolute atomic E-state index is 11.8. The SMILES string of the molecule is CC(C)(C)OC(=O)N1CC(Nc2ccc(CC#N)cc2)C1. The van der Waals surface area contributed by atoms with E-state index >= 15 is 0 Å². The number of amides is 1. The van der Waals surface area contributed by atoms with Crippen molar-refractivity contribution in [1.82, 2.24) is 4.90 Å². The number of anilines is 1. The lowest BCUT2D eigenvalue weighted by atomic mass is 10.1. The van der Waals surface area contributed by atoms with Crippen molar-refractivity contribution < 1.29 is 9.53 Å². The molecule has 1 aromatic rings. The molecule has 0 atom stereocenters. The van der Waals surface area contributed by atoms with E-state index in [1.165, 1.54) is 0 Å². The molecule has 5 nitrogen and oxygen atoms in total. The Bertz CT molecular complexity index is 534. The molecule has 112 valence electrons. The van der Waals surface area contributed by atoms with Crippen LogP contribution in [-0.2, 0) is 11.2 Å². The predicted molar refractivity (Wildman–Crippen MR) is 81.0 cm³/mol. The molecule has 0 aromatic heterocycles. The van der Waals surface area contributed by atoms with Crippen molar-refractivity contribution in [3.63, 3.8) is 0 Å². The lowest BCUT2D eigenvalue weighted by Gasteiger charge is -2.40. The first-order chi connectivity index (χ1) is 9.87. The summed E-state index contributed by atoms with van der Waals surface area (Å²) in [5.41, 5.74) is 1.56. The number of carbonyl (C=O) groups is 1. The van der Waals surface area contributed by atoms with Gasteiger partial charge in [0.15, 0.2) is 0 Å². The maximum atomic E-state index is 11.8. The topological polar surface area (TPSA) is 65.4 Å². The highest BCUT2D eigenvalue weighted by molar-refractivity contribution is 5.69. The Hall–Kier alpha value is -2.22. The fraction of sp³-hybridized carbons (Fsp3) is 0.500. The molecule has 0 bridgehead atoms. The molecular formula is C16H21N3O2. The molecule has 1 heterocycles. The standard InChI is InChI=1S/C16H21N3O2/c1-16(2,3)21-15(20)19-10-14(11-19)18-13-6-4-12(5-7-13)8-9-17/h4-7,14,18H,8,10-11H2,1-3H3. The smallest absolute Gasteiger partial charge is 0.410 e. The number of nitriles is 1. The molecule has 21 heavy (non-hydrogen) atoms. The molecule has 1 amide bonds. The number of ether oxygens (including phenoxy) is 1. The summed E-state index contributed by atoms with van der Waals surface area (Å²) >= 11 is 0. The summed E-state index contributed by atoms with van der Waals surface area (Å²) in [5, 5.41) is 12.0. The Morgan fingerprint density at radius 1 is 1.38 bits per heavy atom. The van der Waals surface area contributed by atoms with Crippen molar-refractivity contribution in [1.29, 1.82) is 5.26 Å². The molecule has 0 spiro atoms. The molecule has 0 unspecified atom stereocenters. The van der Waals surface area contributed by atoms with Crippen LogP contribution < -0.4 is 5.32 Å². The summed E-state index contributed by atoms with van der Waals surface area (Å²) in [6.07, 6.45) is 0.167. The highest BCUT2D eigenvalue weighted by Gasteiger charge is 2.33. The van der Waals surface area contributed by atoms with Gasteiger partial charge in [0.25, 0.3) is 0 Å². The average Bonchev–Trinajstić information content (AvgIpc) is 2.33. The van der Waals surface area contributed by atoms with Crippen LogP contribution in [0.15, 0.2) is 24.3 Å². The van der Waals surface area contributed by atoms with Gasteiger partial charge in [-0.3, -0.25) is 0 Å². The van der Waals surface area contributed by atoms with Crippen LogP contribution in [0.3, 0.4) is 0 Å². The molecule has 1 aliphatic rings. The fourth-order valence-corrected chi connectivity index (χ4v) is 2.09. The van der Waals surface area contributed by atoms with Gasteiger partial charge < -0.3 is 15.0 Å². The number of carbonyl (C=O) groups excluding carboxylic acids is 1. The summed E-state index contributed by atoms with van der Waals surface area (Å²) < 4.78 is 5.31. The summed E-state index contributed by atoms with van der Waals surface area (Å²) in [6, 6.07) is 10.2. The van der Waals surface area contributed by atoms with Crippen LogP contribution in [-0.4, -0.2) is 35.7 Å². The Morgan fingerprint density at radius 2 is 2.00 bits per heavy atom. The average molecular weight is 287 g/mol. The van der Waals surface area contributed by atoms with Gasteiger partial charge in [-0.15, -0.1) is 0 Å². The van der Waals surface area contributed by atoms with Crippen LogP contribution in [0.25, 0.3) is 0 Å². The Kier molecular flexibility index (Phi) is 4.37. The van der Waals surface area contributed by atoms with Crippen LogP contribution in [0.4, 0.5) is 10.5 Å². The second-order valence-electron chi connectivity index (χ2n) is 6.26. The number of hydrogen-bond acceptors (Lipinski definition) is 4. The van der Waals surface area contributed by atoms with Crippen LogP contribution in [0, 0.1) is 11.3 Å². The molecule has 1 saturated heterocycles. The highest BCUT2D eigenvalue weighted by Crippen LogP contribution is 2.19. The number of nitrogens with zero attached hydrogens (tertiary/aromatic N) is 2. The van der Waals surface area contributed by atoms with Crippen LogP contribution in [0.2, 0.25) is 0 Å². The first kappa shape index (κ1) is 15.2. The zero-order chi connectivity index (χ0) is 15.5. The largest absolute Gasteiger partial charge is 0.444 e. The van der Waals surface area contributed by atoms with Crippen LogP contribution in [0.1, 0.15) is 26.3 Å². The van der Waals surface area contributed by atoms with Gasteiger partial charge in [0.1, 0.15) is 5.60 Å². The highest BCUT2D eigenvalue weighted by atomic mass is 16.6. The minimum absolute atomic E-state index is 0.249. The number of nitrogens with one attached hydrogen (secondary N) is 1. The number of rotatable bonds is 3. The monoisotopic (exact) mass is 287 g/mol. The van der Waals surface area contributed by atoms with E-state index in [-0.39, 0.29) is 12.1 Å². The minimum atomic E-state index is -0.452. The molecule has 1 N–H and O–H groups in total. The molecule has 0 radical (unpaired) electrons. The third-order valence-electron chi connectivity index (χ3n) is 3.14. The van der Waals surface area contributed by atoms with Crippen molar-refractivity contribution in [3.05, 3.63) is 29.8 Å². The number of likely N-dealkylation sites (tertiary alicyclic amines) is 1. The van der Waals surface area contributed by atoms with E-state index in [0.29, 0.717) is 19.5 Å². The minimum Gasteiger partial charge on any atom is -0.444 e. The molecule has 0 saturated carbocycles. The molecule has 1 aromatic carbocycles. The number of benzene rings is 1. The van der Waals surface area contributed by atoms with E-state index in [0.717, 1.165) is 11.3 Å². The predicted octanol–water partition coefficient (Wildman–Crippen LogP) is 2.78. The third-order valence-corrected chi connectivity index (χ3v) is 3.14. The van der Waals surface area contributed by atoms with E-state index in [2.05, 4.69) is 11.4 Å². The quantitative estimate of drug-likeness (QED) is 0.928. The Morgan fingerprint density at radius 3 is 2.52 bits per heavy atom. The van der Waals surface area contributed by atoms with Gasteiger partial charge in [0.05, 0.1) is 18.5 Å². The first-order valence-corrected chi connectivity index (χ1v) is 7.08. The van der Waals surface area contributed by atoms with E-state index < -0.39 is 5.60 Å². The van der Waals surface area contributed by atoms with E-state index in [1.54, 1.807) is 4.90 Å². The number of hydrogen-bond donors (Lipinski definition) is 1. The maximum Gasteiger partial charge on any atom is 0.410 e. The third kappa shape index (κ3) is 4.38. The van der Waals surface area contributed by atoms with Gasteiger partial charge in [-0.2, -0.15) is 5.26 Å². The van der Waals surface area contributed by atoms with Gasteiger partial charge in [-0.1, -0.05) is 12.1 Å². The van der Waals surface area contributed by atoms with Gasteiger partial charge in [-0.05, 0) is 38.5 Å². The normalized spacial score (nSPS) is 15.0. The molecular weight excluding hydrogens is 266 g/mol. The molecule has 5 heteroatoms. The molecule has 0 aliphatic carbocycles. The fourth-order valence-electron chi connectivity index (χ4n) is 2.09. The van der Waals surface area contributed by atoms with Crippen molar-refractivity contribution in [3.8, 4) is 6.07 Å². The Balaban J connectivity index is 1.78. The van der Waals surface area contributed by atoms with Gasteiger partial charge in [-0.25, -0.2) is 4.79 Å². The van der Waals surface area contributed by atoms with Gasteiger partial charge in [0.2, 0.25) is 0 Å². The van der Waals surface area contributed by atoms with E-state index in [4.69, 9.17) is 10.00 Å². The second-order valence-corrected chi connectivity index (χ2v) is 6.26. The summed E-state index contributed by atoms with van der Waals surface area (Å²) in [5.74, 6) is 0. The zero-order valence-electron chi connectivity index (χ0n) is 12.7. The molecule has 1 aliphatic heterocycles. The van der Waals surface area contributed by atoms with Gasteiger partial charge in [0, 0.05) is 18.8 Å². The van der Waals surface area contributed by atoms with E-state index in [9.17, 15) is 4.79 Å². The Labute approximate surface area is 125 Å². The lowest BCUT2D eigenvalue weighted by molar-refractivity contribution is 0.0105. The van der Waals surface area contributed by atoms with E-state index in [1.807, 2.05) is 45.0 Å². The van der Waals surface area contributed by atoms with Gasteiger partial charge >= 0.3 is 6.09 Å². The van der Waals surface area contributed by atoms with Crippen LogP contribution in [0.5, 0.6) is 0 Å². The van der Waals surface area contributed by atoms with Crippen molar-refractivity contribution >= 4 is 11.8 Å². The molecule has 1 fully saturated rings. The lowest BCUT2D eigenvalue weighted by Crippen LogP contribution is -2.57. The van der Waals surface area contributed by atoms with Crippen LogP contribution >= 0.6 is 0 Å². The molecule has 2 rings (SSSR count). The summed E-state index contributed by atoms with van der Waals surface area (Å²) in [7, 11) is 0. The first-order valence-electron chi connectivity index (χ1n) is 7.08.